The molecule has 1 nitrogen and oxygen atoms in total. The molecule has 0 saturated heterocycles. The minimum atomic E-state index is 0.204. The van der Waals surface area contributed by atoms with Crippen LogP contribution in [-0.4, -0.2) is 5.78 Å². The lowest BCUT2D eigenvalue weighted by Gasteiger charge is -2.27. The molecular formula is C23H26O. The Morgan fingerprint density at radius 1 is 1.00 bits per heavy atom. The van der Waals surface area contributed by atoms with E-state index in [9.17, 15) is 4.79 Å². The predicted octanol–water partition coefficient (Wildman–Crippen LogP) is 5.81. The number of carbonyl (C=O) groups excluding carboxylic acids is 1. The van der Waals surface area contributed by atoms with Gasteiger partial charge in [0.15, 0.2) is 5.78 Å². The lowest BCUT2D eigenvalue weighted by molar-refractivity contribution is -0.119. The topological polar surface area (TPSA) is 17.1 Å². The second kappa shape index (κ2) is 8.10. The Kier molecular flexibility index (Phi) is 5.63. The molecule has 0 unspecified atom stereocenters. The van der Waals surface area contributed by atoms with Crippen molar-refractivity contribution in [3.63, 3.8) is 0 Å². The van der Waals surface area contributed by atoms with Gasteiger partial charge >= 0.3 is 0 Å². The number of hydrogen-bond acceptors (Lipinski definition) is 1. The third kappa shape index (κ3) is 4.23. The highest BCUT2D eigenvalue weighted by Gasteiger charge is 2.25. The zero-order chi connectivity index (χ0) is 16.8. The summed E-state index contributed by atoms with van der Waals surface area (Å²) in [5.41, 5.74) is 3.97. The van der Waals surface area contributed by atoms with Crippen molar-refractivity contribution in [3.8, 4) is 0 Å². The third-order valence-corrected chi connectivity index (χ3v) is 5.20. The molecular weight excluding hydrogens is 292 g/mol. The van der Waals surface area contributed by atoms with Gasteiger partial charge in [0.05, 0.1) is 0 Å². The zero-order valence-electron chi connectivity index (χ0n) is 14.4. The monoisotopic (exact) mass is 318 g/mol. The van der Waals surface area contributed by atoms with Gasteiger partial charge in [0.2, 0.25) is 0 Å². The fourth-order valence-electron chi connectivity index (χ4n) is 3.66. The fourth-order valence-corrected chi connectivity index (χ4v) is 3.66. The molecule has 0 atom stereocenters. The van der Waals surface area contributed by atoms with Gasteiger partial charge in [-0.25, -0.2) is 0 Å². The van der Waals surface area contributed by atoms with E-state index in [0.717, 1.165) is 37.7 Å². The van der Waals surface area contributed by atoms with Gasteiger partial charge in [-0.3, -0.25) is 4.79 Å². The molecule has 1 aliphatic carbocycles. The SMILES string of the molecule is CCc1cccc(C2CCC(C(=O)/C=C/c3ccccc3)CC2)c1. The van der Waals surface area contributed by atoms with Crippen molar-refractivity contribution < 1.29 is 4.79 Å². The van der Waals surface area contributed by atoms with Crippen molar-refractivity contribution in [3.05, 3.63) is 77.4 Å². The maximum absolute atomic E-state index is 12.4. The van der Waals surface area contributed by atoms with Crippen molar-refractivity contribution in [2.75, 3.05) is 0 Å². The van der Waals surface area contributed by atoms with E-state index in [2.05, 4.69) is 31.2 Å². The Hall–Kier alpha value is -2.15. The maximum atomic E-state index is 12.4. The maximum Gasteiger partial charge on any atom is 0.158 e. The number of hydrogen-bond donors (Lipinski definition) is 0. The van der Waals surface area contributed by atoms with Crippen LogP contribution in [0.1, 0.15) is 55.2 Å². The van der Waals surface area contributed by atoms with Crippen LogP contribution in [0.2, 0.25) is 0 Å². The van der Waals surface area contributed by atoms with Crippen molar-refractivity contribution in [1.29, 1.82) is 0 Å². The van der Waals surface area contributed by atoms with E-state index in [4.69, 9.17) is 0 Å². The Bertz CT molecular complexity index is 691. The van der Waals surface area contributed by atoms with E-state index in [0.29, 0.717) is 11.7 Å². The highest BCUT2D eigenvalue weighted by atomic mass is 16.1. The molecule has 0 amide bonds. The molecule has 0 aromatic heterocycles. The molecule has 0 heterocycles. The van der Waals surface area contributed by atoms with Crippen LogP contribution in [0.25, 0.3) is 6.08 Å². The van der Waals surface area contributed by atoms with Gasteiger partial charge in [0.25, 0.3) is 0 Å². The van der Waals surface area contributed by atoms with Crippen molar-refractivity contribution in [2.45, 2.75) is 44.9 Å². The molecule has 2 aromatic rings. The summed E-state index contributed by atoms with van der Waals surface area (Å²) < 4.78 is 0. The van der Waals surface area contributed by atoms with E-state index in [-0.39, 0.29) is 5.92 Å². The minimum absolute atomic E-state index is 0.204. The first-order chi connectivity index (χ1) is 11.8. The molecule has 3 rings (SSSR count). The molecule has 1 aliphatic rings. The van der Waals surface area contributed by atoms with Crippen LogP contribution >= 0.6 is 0 Å². The molecule has 1 heteroatoms. The lowest BCUT2D eigenvalue weighted by atomic mass is 9.77. The second-order valence-corrected chi connectivity index (χ2v) is 6.79. The number of aryl methyl sites for hydroxylation is 1. The van der Waals surface area contributed by atoms with Gasteiger partial charge < -0.3 is 0 Å². The number of rotatable bonds is 5. The highest BCUT2D eigenvalue weighted by Crippen LogP contribution is 2.36. The first-order valence-corrected chi connectivity index (χ1v) is 9.12. The highest BCUT2D eigenvalue weighted by molar-refractivity contribution is 5.95. The molecule has 0 spiro atoms. The standard InChI is InChI=1S/C23H26O/c1-2-18-9-6-10-22(17-18)20-12-14-21(15-13-20)23(24)16-11-19-7-4-3-5-8-19/h3-11,16-17,20-21H,2,12-15H2,1H3/b16-11+. The van der Waals surface area contributed by atoms with Crippen LogP contribution in [0, 0.1) is 5.92 Å². The Morgan fingerprint density at radius 3 is 2.46 bits per heavy atom. The second-order valence-electron chi connectivity index (χ2n) is 6.79. The van der Waals surface area contributed by atoms with Gasteiger partial charge in [-0.1, -0.05) is 67.6 Å². The van der Waals surface area contributed by atoms with E-state index in [1.807, 2.05) is 36.4 Å². The fraction of sp³-hybridized carbons (Fsp3) is 0.348. The normalized spacial score (nSPS) is 21.0. The van der Waals surface area contributed by atoms with Crippen molar-refractivity contribution in [1.82, 2.24) is 0 Å². The van der Waals surface area contributed by atoms with Gasteiger partial charge in [0.1, 0.15) is 0 Å². The van der Waals surface area contributed by atoms with E-state index in [1.54, 1.807) is 6.08 Å². The first-order valence-electron chi connectivity index (χ1n) is 9.12. The van der Waals surface area contributed by atoms with Crippen LogP contribution < -0.4 is 0 Å². The number of allylic oxidation sites excluding steroid dienone is 1. The third-order valence-electron chi connectivity index (χ3n) is 5.20. The molecule has 124 valence electrons. The Balaban J connectivity index is 1.56. The first kappa shape index (κ1) is 16.7. The average molecular weight is 318 g/mol. The Morgan fingerprint density at radius 2 is 1.75 bits per heavy atom. The van der Waals surface area contributed by atoms with Crippen molar-refractivity contribution >= 4 is 11.9 Å². The van der Waals surface area contributed by atoms with Crippen LogP contribution in [0.5, 0.6) is 0 Å². The predicted molar refractivity (Wildman–Crippen MR) is 101 cm³/mol. The molecule has 2 aromatic carbocycles. The zero-order valence-corrected chi connectivity index (χ0v) is 14.4. The Labute approximate surface area is 145 Å². The van der Waals surface area contributed by atoms with E-state index < -0.39 is 0 Å². The molecule has 1 fully saturated rings. The van der Waals surface area contributed by atoms with E-state index >= 15 is 0 Å². The molecule has 0 radical (unpaired) electrons. The largest absolute Gasteiger partial charge is 0.295 e. The smallest absolute Gasteiger partial charge is 0.158 e. The summed E-state index contributed by atoms with van der Waals surface area (Å²) in [6.07, 6.45) is 9.09. The van der Waals surface area contributed by atoms with Crippen LogP contribution in [0.3, 0.4) is 0 Å². The summed E-state index contributed by atoms with van der Waals surface area (Å²) in [7, 11) is 0. The molecule has 24 heavy (non-hydrogen) atoms. The van der Waals surface area contributed by atoms with Crippen LogP contribution in [0.15, 0.2) is 60.7 Å². The van der Waals surface area contributed by atoms with Gasteiger partial charge in [-0.05, 0) is 60.8 Å². The van der Waals surface area contributed by atoms with Gasteiger partial charge in [-0.2, -0.15) is 0 Å². The van der Waals surface area contributed by atoms with E-state index in [1.165, 1.54) is 11.1 Å². The van der Waals surface area contributed by atoms with Crippen LogP contribution in [-0.2, 0) is 11.2 Å². The summed E-state index contributed by atoms with van der Waals surface area (Å²) in [6, 6.07) is 19.0. The average Bonchev–Trinajstić information content (AvgIpc) is 2.67. The lowest BCUT2D eigenvalue weighted by Crippen LogP contribution is -2.19. The summed E-state index contributed by atoms with van der Waals surface area (Å²) in [4.78, 5) is 12.4. The van der Waals surface area contributed by atoms with Gasteiger partial charge in [0, 0.05) is 5.92 Å². The summed E-state index contributed by atoms with van der Waals surface area (Å²) in [6.45, 7) is 2.20. The molecule has 0 bridgehead atoms. The summed E-state index contributed by atoms with van der Waals surface area (Å²) in [5, 5.41) is 0. The molecule has 1 saturated carbocycles. The minimum Gasteiger partial charge on any atom is -0.295 e. The number of benzene rings is 2. The summed E-state index contributed by atoms with van der Waals surface area (Å²) >= 11 is 0. The van der Waals surface area contributed by atoms with Crippen LogP contribution in [0.4, 0.5) is 0 Å². The quantitative estimate of drug-likeness (QED) is 0.636. The molecule has 0 N–H and O–H groups in total. The van der Waals surface area contributed by atoms with Gasteiger partial charge in [-0.15, -0.1) is 0 Å². The summed E-state index contributed by atoms with van der Waals surface area (Å²) in [5.74, 6) is 1.12. The number of carbonyl (C=O) groups is 1. The number of ketones is 1. The molecule has 0 aliphatic heterocycles. The van der Waals surface area contributed by atoms with Crippen molar-refractivity contribution in [2.24, 2.45) is 5.92 Å².